The van der Waals surface area contributed by atoms with Crippen LogP contribution >= 0.6 is 0 Å². The van der Waals surface area contributed by atoms with Crippen molar-refractivity contribution in [1.29, 1.82) is 0 Å². The molecule has 1 amide bonds. The number of phenols is 1. The third-order valence-electron chi connectivity index (χ3n) is 6.30. The van der Waals surface area contributed by atoms with Gasteiger partial charge < -0.3 is 14.9 Å². The Kier molecular flexibility index (Phi) is 6.92. The highest BCUT2D eigenvalue weighted by Crippen LogP contribution is 2.42. The lowest BCUT2D eigenvalue weighted by atomic mass is 9.94. The third-order valence-corrected chi connectivity index (χ3v) is 6.30. The molecular formula is C29H27NO6. The van der Waals surface area contributed by atoms with E-state index >= 15 is 0 Å². The van der Waals surface area contributed by atoms with Crippen LogP contribution in [0.4, 0.5) is 5.69 Å². The Balaban J connectivity index is 1.82. The van der Waals surface area contributed by atoms with Crippen molar-refractivity contribution < 1.29 is 29.3 Å². The molecule has 1 unspecified atom stereocenters. The van der Waals surface area contributed by atoms with Crippen LogP contribution in [0.2, 0.25) is 0 Å². The Hall–Kier alpha value is -4.39. The number of carbonyl (C=O) groups is 3. The van der Waals surface area contributed by atoms with Gasteiger partial charge in [0.1, 0.15) is 11.5 Å². The zero-order valence-electron chi connectivity index (χ0n) is 20.3. The number of ketones is 1. The van der Waals surface area contributed by atoms with E-state index in [9.17, 15) is 24.6 Å². The molecule has 36 heavy (non-hydrogen) atoms. The maximum atomic E-state index is 13.3. The first-order valence-electron chi connectivity index (χ1n) is 11.6. The number of phenolic OH excluding ortho intramolecular Hbond substituents is 1. The molecule has 2 N–H and O–H groups in total. The lowest BCUT2D eigenvalue weighted by Gasteiger charge is -2.25. The summed E-state index contributed by atoms with van der Waals surface area (Å²) in [7, 11) is 0. The van der Waals surface area contributed by atoms with Crippen LogP contribution in [0, 0.1) is 13.8 Å². The Morgan fingerprint density at radius 2 is 1.61 bits per heavy atom. The molecule has 0 radical (unpaired) electrons. The van der Waals surface area contributed by atoms with E-state index in [4.69, 9.17) is 4.74 Å². The zero-order chi connectivity index (χ0) is 26.0. The van der Waals surface area contributed by atoms with Crippen LogP contribution in [0.25, 0.3) is 5.76 Å². The van der Waals surface area contributed by atoms with Gasteiger partial charge in [0.2, 0.25) is 0 Å². The molecule has 7 heteroatoms. The van der Waals surface area contributed by atoms with Crippen molar-refractivity contribution in [3.05, 3.63) is 100 Å². The number of Topliss-reactive ketones (excluding diaryl/α,β-unsaturated/α-hetero) is 1. The van der Waals surface area contributed by atoms with E-state index in [1.165, 1.54) is 17.0 Å². The summed E-state index contributed by atoms with van der Waals surface area (Å²) in [5.74, 6) is -2.18. The number of carbonyl (C=O) groups excluding carboxylic acids is 3. The number of ether oxygens (including phenoxy) is 1. The van der Waals surface area contributed by atoms with Gasteiger partial charge in [0.05, 0.1) is 24.6 Å². The predicted molar refractivity (Wildman–Crippen MR) is 136 cm³/mol. The van der Waals surface area contributed by atoms with Gasteiger partial charge in [-0.05, 0) is 73.4 Å². The van der Waals surface area contributed by atoms with Gasteiger partial charge in [-0.1, -0.05) is 36.4 Å². The van der Waals surface area contributed by atoms with Crippen LogP contribution in [0.15, 0.2) is 72.3 Å². The van der Waals surface area contributed by atoms with Gasteiger partial charge in [-0.3, -0.25) is 19.3 Å². The lowest BCUT2D eigenvalue weighted by Crippen LogP contribution is -2.29. The SMILES string of the molecule is CCOC(=O)Cc1ccc(N2C(=O)C(=O)/C(=C(\O)c3ccc(C)c(C)c3)C2c2ccc(O)cc2)cc1. The highest BCUT2D eigenvalue weighted by molar-refractivity contribution is 6.51. The van der Waals surface area contributed by atoms with Crippen molar-refractivity contribution >= 4 is 29.1 Å². The van der Waals surface area contributed by atoms with E-state index < -0.39 is 17.7 Å². The highest BCUT2D eigenvalue weighted by Gasteiger charge is 2.47. The van der Waals surface area contributed by atoms with Crippen LogP contribution in [0.5, 0.6) is 5.75 Å². The number of aliphatic hydroxyl groups is 1. The number of rotatable bonds is 6. The van der Waals surface area contributed by atoms with Crippen molar-refractivity contribution in [1.82, 2.24) is 0 Å². The fourth-order valence-corrected chi connectivity index (χ4v) is 4.27. The molecule has 0 saturated carbocycles. The van der Waals surface area contributed by atoms with Crippen LogP contribution < -0.4 is 4.90 Å². The van der Waals surface area contributed by atoms with Crippen LogP contribution in [0.1, 0.15) is 40.8 Å². The van der Waals surface area contributed by atoms with Crippen LogP contribution in [0.3, 0.4) is 0 Å². The monoisotopic (exact) mass is 485 g/mol. The summed E-state index contributed by atoms with van der Waals surface area (Å²) in [5, 5.41) is 21.0. The summed E-state index contributed by atoms with van der Waals surface area (Å²) in [6, 6.07) is 17.3. The van der Waals surface area contributed by atoms with Crippen molar-refractivity contribution in [2.24, 2.45) is 0 Å². The van der Waals surface area contributed by atoms with E-state index in [2.05, 4.69) is 0 Å². The number of amides is 1. The number of esters is 1. The minimum atomic E-state index is -0.914. The third kappa shape index (κ3) is 4.73. The molecule has 4 rings (SSSR count). The first-order chi connectivity index (χ1) is 17.2. The number of aliphatic hydroxyl groups excluding tert-OH is 1. The van der Waals surface area contributed by atoms with Gasteiger partial charge in [-0.15, -0.1) is 0 Å². The van der Waals surface area contributed by atoms with Crippen molar-refractivity contribution in [3.8, 4) is 5.75 Å². The number of anilines is 1. The van der Waals surface area contributed by atoms with Crippen molar-refractivity contribution in [3.63, 3.8) is 0 Å². The quantitative estimate of drug-likeness (QED) is 0.226. The summed E-state index contributed by atoms with van der Waals surface area (Å²) in [6.07, 6.45) is 0.0844. The standard InChI is InChI=1S/C29H27NO6/c1-4-36-24(32)16-19-6-11-22(12-7-19)30-26(20-9-13-23(31)14-10-20)25(28(34)29(30)35)27(33)21-8-5-17(2)18(3)15-21/h5-15,26,31,33H,4,16H2,1-3H3/b27-25-. The number of aryl methyl sites for hydroxylation is 2. The predicted octanol–water partition coefficient (Wildman–Crippen LogP) is 4.74. The Bertz CT molecular complexity index is 1360. The molecule has 3 aromatic rings. The topological polar surface area (TPSA) is 104 Å². The van der Waals surface area contributed by atoms with Crippen molar-refractivity contribution in [2.45, 2.75) is 33.2 Å². The minimum Gasteiger partial charge on any atom is -0.508 e. The molecule has 3 aromatic carbocycles. The molecule has 1 fully saturated rings. The normalized spacial score (nSPS) is 16.9. The first-order valence-corrected chi connectivity index (χ1v) is 11.6. The van der Waals surface area contributed by atoms with Gasteiger partial charge in [0.25, 0.3) is 11.7 Å². The molecule has 0 bridgehead atoms. The van der Waals surface area contributed by atoms with Crippen LogP contribution in [-0.2, 0) is 25.5 Å². The Morgan fingerprint density at radius 3 is 2.22 bits per heavy atom. The van der Waals surface area contributed by atoms with E-state index in [0.29, 0.717) is 22.4 Å². The van der Waals surface area contributed by atoms with Gasteiger partial charge in [0.15, 0.2) is 0 Å². The second-order valence-corrected chi connectivity index (χ2v) is 8.71. The summed E-state index contributed by atoms with van der Waals surface area (Å²) in [5.41, 5.74) is 4.05. The molecule has 0 spiro atoms. The summed E-state index contributed by atoms with van der Waals surface area (Å²) < 4.78 is 4.99. The second kappa shape index (κ2) is 10.1. The molecular weight excluding hydrogens is 458 g/mol. The number of hydrogen-bond acceptors (Lipinski definition) is 6. The summed E-state index contributed by atoms with van der Waals surface area (Å²) >= 11 is 0. The molecule has 1 aliphatic rings. The lowest BCUT2D eigenvalue weighted by molar-refractivity contribution is -0.142. The van der Waals surface area contributed by atoms with Gasteiger partial charge in [-0.25, -0.2) is 0 Å². The van der Waals surface area contributed by atoms with E-state index in [1.54, 1.807) is 55.5 Å². The Labute approximate surface area is 209 Å². The molecule has 0 aromatic heterocycles. The van der Waals surface area contributed by atoms with Gasteiger partial charge in [-0.2, -0.15) is 0 Å². The maximum Gasteiger partial charge on any atom is 0.310 e. The molecule has 1 saturated heterocycles. The number of benzene rings is 3. The minimum absolute atomic E-state index is 0.0354. The average molecular weight is 486 g/mol. The Morgan fingerprint density at radius 1 is 0.944 bits per heavy atom. The zero-order valence-corrected chi connectivity index (χ0v) is 20.3. The first kappa shape index (κ1) is 24.7. The fourth-order valence-electron chi connectivity index (χ4n) is 4.27. The molecule has 184 valence electrons. The van der Waals surface area contributed by atoms with E-state index in [0.717, 1.165) is 11.1 Å². The van der Waals surface area contributed by atoms with Gasteiger partial charge >= 0.3 is 5.97 Å². The summed E-state index contributed by atoms with van der Waals surface area (Å²) in [4.78, 5) is 39.7. The van der Waals surface area contributed by atoms with Crippen LogP contribution in [-0.4, -0.2) is 34.5 Å². The van der Waals surface area contributed by atoms with E-state index in [-0.39, 0.29) is 36.1 Å². The molecule has 1 heterocycles. The number of aromatic hydroxyl groups is 1. The summed E-state index contributed by atoms with van der Waals surface area (Å²) in [6.45, 7) is 5.87. The maximum absolute atomic E-state index is 13.3. The number of nitrogens with zero attached hydrogens (tertiary/aromatic N) is 1. The molecule has 1 atom stereocenters. The largest absolute Gasteiger partial charge is 0.508 e. The van der Waals surface area contributed by atoms with Gasteiger partial charge in [0, 0.05) is 11.3 Å². The van der Waals surface area contributed by atoms with Crippen molar-refractivity contribution in [2.75, 3.05) is 11.5 Å². The average Bonchev–Trinajstić information content (AvgIpc) is 3.12. The second-order valence-electron chi connectivity index (χ2n) is 8.71. The molecule has 1 aliphatic heterocycles. The molecule has 7 nitrogen and oxygen atoms in total. The van der Waals surface area contributed by atoms with E-state index in [1.807, 2.05) is 19.9 Å². The highest BCUT2D eigenvalue weighted by atomic mass is 16.5. The smallest absolute Gasteiger partial charge is 0.310 e. The fraction of sp³-hybridized carbons (Fsp3) is 0.207. The number of hydrogen-bond donors (Lipinski definition) is 2. The molecule has 0 aliphatic carbocycles.